The van der Waals surface area contributed by atoms with Gasteiger partial charge in [-0.2, -0.15) is 0 Å². The van der Waals surface area contributed by atoms with E-state index < -0.39 is 0 Å². The predicted molar refractivity (Wildman–Crippen MR) is 144 cm³/mol. The lowest BCUT2D eigenvalue weighted by atomic mass is 9.98. The summed E-state index contributed by atoms with van der Waals surface area (Å²) in [6.45, 7) is 21.4. The molecule has 0 heterocycles. The van der Waals surface area contributed by atoms with E-state index in [0.717, 1.165) is 36.4 Å². The Morgan fingerprint density at radius 3 is 1.03 bits per heavy atom. The van der Waals surface area contributed by atoms with E-state index in [2.05, 4.69) is 118 Å². The zero-order valence-electron chi connectivity index (χ0n) is 19.5. The molecule has 0 aliphatic carbocycles. The molecular weight excluding hydrogens is 410 g/mol. The molecule has 0 saturated carbocycles. The predicted octanol–water partition coefficient (Wildman–Crippen LogP) is 8.41. The second kappa shape index (κ2) is 11.7. The van der Waals surface area contributed by atoms with Crippen LogP contribution in [-0.2, 0) is 19.6 Å². The Kier molecular flexibility index (Phi) is 9.26. The molecule has 166 valence electrons. The molecule has 0 aromatic heterocycles. The van der Waals surface area contributed by atoms with E-state index >= 15 is 0 Å². The van der Waals surface area contributed by atoms with E-state index in [9.17, 15) is 0 Å². The van der Waals surface area contributed by atoms with E-state index in [1.165, 1.54) is 33.4 Å². The van der Waals surface area contributed by atoms with Gasteiger partial charge in [0, 0.05) is 19.6 Å². The van der Waals surface area contributed by atoms with E-state index in [4.69, 9.17) is 0 Å². The van der Waals surface area contributed by atoms with Gasteiger partial charge in [0.05, 0.1) is 0 Å². The quantitative estimate of drug-likeness (QED) is 0.320. The van der Waals surface area contributed by atoms with Gasteiger partial charge in [-0.3, -0.25) is 4.90 Å². The summed E-state index contributed by atoms with van der Waals surface area (Å²) in [5.74, 6) is 0. The average Bonchev–Trinajstić information content (AvgIpc) is 2.74. The summed E-state index contributed by atoms with van der Waals surface area (Å²) in [5.41, 5.74) is 10.9. The molecule has 3 aromatic rings. The van der Waals surface area contributed by atoms with Gasteiger partial charge in [-0.1, -0.05) is 109 Å². The molecule has 0 fully saturated rings. The molecule has 0 aliphatic rings. The number of benzene rings is 3. The third-order valence-electron chi connectivity index (χ3n) is 5.61. The van der Waals surface area contributed by atoms with Gasteiger partial charge in [-0.05, 0) is 54.2 Å². The molecular formula is C30H34ClN. The Hall–Kier alpha value is -2.87. The van der Waals surface area contributed by atoms with Gasteiger partial charge in [-0.15, -0.1) is 12.4 Å². The van der Waals surface area contributed by atoms with E-state index in [1.807, 2.05) is 0 Å². The Morgan fingerprint density at radius 1 is 0.531 bits per heavy atom. The third kappa shape index (κ3) is 6.32. The van der Waals surface area contributed by atoms with Crippen LogP contribution < -0.4 is 0 Å². The number of rotatable bonds is 9. The molecule has 1 nitrogen and oxygen atoms in total. The first-order chi connectivity index (χ1) is 14.9. The smallest absolute Gasteiger partial charge is 0.0246 e. The number of hydrogen-bond acceptors (Lipinski definition) is 1. The molecule has 0 spiro atoms. The fourth-order valence-electron chi connectivity index (χ4n) is 4.11. The summed E-state index contributed by atoms with van der Waals surface area (Å²) >= 11 is 0. The molecule has 0 atom stereocenters. The van der Waals surface area contributed by atoms with Gasteiger partial charge in [-0.25, -0.2) is 0 Å². The van der Waals surface area contributed by atoms with Crippen molar-refractivity contribution in [1.29, 1.82) is 0 Å². The van der Waals surface area contributed by atoms with Crippen LogP contribution >= 0.6 is 12.4 Å². The molecule has 0 amide bonds. The Morgan fingerprint density at radius 2 is 0.781 bits per heavy atom. The zero-order valence-corrected chi connectivity index (χ0v) is 20.3. The molecule has 3 rings (SSSR count). The SMILES string of the molecule is C=C(C)c1ccccc1CN(Cc1ccccc1C(=C)C)Cc1ccccc1C(=C)C.Cl. The minimum atomic E-state index is 0. The van der Waals surface area contributed by atoms with E-state index in [-0.39, 0.29) is 12.4 Å². The fraction of sp³-hybridized carbons (Fsp3) is 0.200. The van der Waals surface area contributed by atoms with E-state index in [1.54, 1.807) is 0 Å². The van der Waals surface area contributed by atoms with Crippen LogP contribution in [0.1, 0.15) is 54.2 Å². The average molecular weight is 444 g/mol. The normalized spacial score (nSPS) is 10.5. The summed E-state index contributed by atoms with van der Waals surface area (Å²) in [6, 6.07) is 25.8. The lowest BCUT2D eigenvalue weighted by Crippen LogP contribution is -2.24. The maximum atomic E-state index is 4.19. The first-order valence-electron chi connectivity index (χ1n) is 10.8. The fourth-order valence-corrected chi connectivity index (χ4v) is 4.11. The van der Waals surface area contributed by atoms with Gasteiger partial charge < -0.3 is 0 Å². The molecule has 0 bridgehead atoms. The van der Waals surface area contributed by atoms with Crippen LogP contribution in [0.25, 0.3) is 16.7 Å². The van der Waals surface area contributed by atoms with Gasteiger partial charge in [0.15, 0.2) is 0 Å². The Labute approximate surface area is 200 Å². The number of halogens is 1. The van der Waals surface area contributed by atoms with Crippen molar-refractivity contribution in [3.63, 3.8) is 0 Å². The zero-order chi connectivity index (χ0) is 22.4. The highest BCUT2D eigenvalue weighted by atomic mass is 35.5. The largest absolute Gasteiger partial charge is 0.291 e. The summed E-state index contributed by atoms with van der Waals surface area (Å²) in [6.07, 6.45) is 0. The summed E-state index contributed by atoms with van der Waals surface area (Å²) in [7, 11) is 0. The number of nitrogens with zero attached hydrogens (tertiary/aromatic N) is 1. The standard InChI is InChI=1S/C30H33N.ClH/c1-22(2)28-16-10-7-13-25(28)19-31(20-26-14-8-11-17-29(26)23(3)4)21-27-15-9-12-18-30(27)24(5)6;/h7-18H,1,3,5,19-21H2,2,4,6H3;1H. The van der Waals surface area contributed by atoms with Gasteiger partial charge in [0.1, 0.15) is 0 Å². The van der Waals surface area contributed by atoms with E-state index in [0.29, 0.717) is 0 Å². The summed E-state index contributed by atoms with van der Waals surface area (Å²) < 4.78 is 0. The lowest BCUT2D eigenvalue weighted by Gasteiger charge is -2.26. The molecule has 0 N–H and O–H groups in total. The first kappa shape index (κ1) is 25.4. The topological polar surface area (TPSA) is 3.24 Å². The summed E-state index contributed by atoms with van der Waals surface area (Å²) in [4.78, 5) is 2.51. The molecule has 32 heavy (non-hydrogen) atoms. The lowest BCUT2D eigenvalue weighted by molar-refractivity contribution is 0.247. The first-order valence-corrected chi connectivity index (χ1v) is 10.8. The van der Waals surface area contributed by atoms with Crippen molar-refractivity contribution in [3.05, 3.63) is 126 Å². The highest BCUT2D eigenvalue weighted by molar-refractivity contribution is 5.85. The van der Waals surface area contributed by atoms with Gasteiger partial charge in [0.25, 0.3) is 0 Å². The molecule has 0 radical (unpaired) electrons. The summed E-state index contributed by atoms with van der Waals surface area (Å²) in [5, 5.41) is 0. The number of hydrogen-bond donors (Lipinski definition) is 0. The third-order valence-corrected chi connectivity index (χ3v) is 5.61. The maximum Gasteiger partial charge on any atom is 0.0246 e. The minimum absolute atomic E-state index is 0. The van der Waals surface area contributed by atoms with Crippen molar-refractivity contribution in [1.82, 2.24) is 4.90 Å². The van der Waals surface area contributed by atoms with Crippen molar-refractivity contribution in [2.24, 2.45) is 0 Å². The van der Waals surface area contributed by atoms with Crippen LogP contribution in [0, 0.1) is 0 Å². The van der Waals surface area contributed by atoms with Crippen molar-refractivity contribution in [2.75, 3.05) is 0 Å². The van der Waals surface area contributed by atoms with Crippen LogP contribution in [0.3, 0.4) is 0 Å². The highest BCUT2D eigenvalue weighted by Crippen LogP contribution is 2.26. The minimum Gasteiger partial charge on any atom is -0.291 e. The molecule has 2 heteroatoms. The maximum absolute atomic E-state index is 4.19. The molecule has 0 aliphatic heterocycles. The van der Waals surface area contributed by atoms with Crippen LogP contribution in [0.15, 0.2) is 92.5 Å². The van der Waals surface area contributed by atoms with Gasteiger partial charge in [0.2, 0.25) is 0 Å². The molecule has 3 aromatic carbocycles. The van der Waals surface area contributed by atoms with Crippen molar-refractivity contribution >= 4 is 29.1 Å². The second-order valence-electron chi connectivity index (χ2n) is 8.46. The Bertz CT molecular complexity index is 968. The van der Waals surface area contributed by atoms with Crippen molar-refractivity contribution in [3.8, 4) is 0 Å². The van der Waals surface area contributed by atoms with Gasteiger partial charge >= 0.3 is 0 Å². The Balaban J connectivity index is 0.00000363. The van der Waals surface area contributed by atoms with Crippen LogP contribution in [0.5, 0.6) is 0 Å². The van der Waals surface area contributed by atoms with Crippen LogP contribution in [-0.4, -0.2) is 4.90 Å². The molecule has 0 unspecified atom stereocenters. The second-order valence-corrected chi connectivity index (χ2v) is 8.46. The highest BCUT2D eigenvalue weighted by Gasteiger charge is 2.15. The molecule has 0 saturated heterocycles. The van der Waals surface area contributed by atoms with Crippen LogP contribution in [0.4, 0.5) is 0 Å². The van der Waals surface area contributed by atoms with Crippen molar-refractivity contribution < 1.29 is 0 Å². The number of allylic oxidation sites excluding steroid dienone is 3. The monoisotopic (exact) mass is 443 g/mol. The van der Waals surface area contributed by atoms with Crippen molar-refractivity contribution in [2.45, 2.75) is 40.4 Å². The van der Waals surface area contributed by atoms with Crippen LogP contribution in [0.2, 0.25) is 0 Å².